The minimum absolute atomic E-state index is 0.0298. The van der Waals surface area contributed by atoms with Gasteiger partial charge in [0.25, 0.3) is 0 Å². The molecule has 138 valence electrons. The van der Waals surface area contributed by atoms with Crippen molar-refractivity contribution in [1.82, 2.24) is 10.3 Å². The first kappa shape index (κ1) is 17.1. The molecule has 2 aromatic rings. The number of methoxy groups -OCH3 is 1. The molecule has 0 saturated heterocycles. The topological polar surface area (TPSA) is 71.2 Å². The maximum Gasteiger partial charge on any atom is 0.328 e. The fourth-order valence-electron chi connectivity index (χ4n) is 4.97. The van der Waals surface area contributed by atoms with E-state index in [-0.39, 0.29) is 5.91 Å². The van der Waals surface area contributed by atoms with E-state index >= 15 is 0 Å². The minimum atomic E-state index is -0.648. The molecule has 4 rings (SSSR count). The standard InChI is InChI=1S/C21H26N2O3/c1-26-21(25)19(10-16-12-22-18-5-3-2-4-17(16)18)23-20(24)11-15-9-13-6-7-14(15)8-13/h2-5,12-15,19,22H,6-11H2,1H3,(H,23,24)/t13-,14-,15+,19+/m0/s1. The van der Waals surface area contributed by atoms with Crippen LogP contribution >= 0.6 is 0 Å². The van der Waals surface area contributed by atoms with Crippen molar-refractivity contribution in [2.75, 3.05) is 7.11 Å². The van der Waals surface area contributed by atoms with E-state index in [1.807, 2.05) is 30.5 Å². The summed E-state index contributed by atoms with van der Waals surface area (Å²) >= 11 is 0. The van der Waals surface area contributed by atoms with E-state index < -0.39 is 12.0 Å². The van der Waals surface area contributed by atoms with Crippen molar-refractivity contribution in [3.05, 3.63) is 36.0 Å². The van der Waals surface area contributed by atoms with Gasteiger partial charge in [0.05, 0.1) is 7.11 Å². The molecule has 5 nitrogen and oxygen atoms in total. The number of esters is 1. The lowest BCUT2D eigenvalue weighted by atomic mass is 9.86. The monoisotopic (exact) mass is 354 g/mol. The molecule has 4 atom stereocenters. The molecular weight excluding hydrogens is 328 g/mol. The lowest BCUT2D eigenvalue weighted by Gasteiger charge is -2.22. The molecule has 1 amide bonds. The number of nitrogens with one attached hydrogen (secondary N) is 2. The highest BCUT2D eigenvalue weighted by atomic mass is 16.5. The largest absolute Gasteiger partial charge is 0.467 e. The summed E-state index contributed by atoms with van der Waals surface area (Å²) in [6.07, 6.45) is 7.91. The van der Waals surface area contributed by atoms with Gasteiger partial charge in [-0.1, -0.05) is 24.6 Å². The third kappa shape index (κ3) is 3.35. The van der Waals surface area contributed by atoms with E-state index in [0.29, 0.717) is 24.7 Å². The van der Waals surface area contributed by atoms with Crippen molar-refractivity contribution in [1.29, 1.82) is 0 Å². The van der Waals surface area contributed by atoms with E-state index in [0.717, 1.165) is 22.4 Å². The molecule has 1 heterocycles. The second-order valence-corrected chi connectivity index (χ2v) is 7.85. The van der Waals surface area contributed by atoms with Crippen molar-refractivity contribution in [2.45, 2.75) is 44.6 Å². The first-order valence-corrected chi connectivity index (χ1v) is 9.56. The second-order valence-electron chi connectivity index (χ2n) is 7.85. The Hall–Kier alpha value is -2.30. The summed E-state index contributed by atoms with van der Waals surface area (Å²) in [4.78, 5) is 28.0. The van der Waals surface area contributed by atoms with Gasteiger partial charge in [-0.15, -0.1) is 0 Å². The molecule has 5 heteroatoms. The molecule has 2 aliphatic carbocycles. The van der Waals surface area contributed by atoms with Crippen LogP contribution in [0.1, 0.15) is 37.7 Å². The fraction of sp³-hybridized carbons (Fsp3) is 0.524. The highest BCUT2D eigenvalue weighted by molar-refractivity contribution is 5.87. The minimum Gasteiger partial charge on any atom is -0.467 e. The van der Waals surface area contributed by atoms with Crippen molar-refractivity contribution in [3.63, 3.8) is 0 Å². The van der Waals surface area contributed by atoms with Crippen LogP contribution in [0.3, 0.4) is 0 Å². The van der Waals surface area contributed by atoms with Gasteiger partial charge in [0.2, 0.25) is 5.91 Å². The third-order valence-electron chi connectivity index (χ3n) is 6.25. The van der Waals surface area contributed by atoms with Gasteiger partial charge in [-0.25, -0.2) is 4.79 Å². The Morgan fingerprint density at radius 2 is 2.12 bits per heavy atom. The lowest BCUT2D eigenvalue weighted by molar-refractivity contribution is -0.145. The number of amides is 1. The number of hydrogen-bond acceptors (Lipinski definition) is 3. The molecule has 0 spiro atoms. The van der Waals surface area contributed by atoms with Crippen molar-refractivity contribution < 1.29 is 14.3 Å². The van der Waals surface area contributed by atoms with Gasteiger partial charge >= 0.3 is 5.97 Å². The van der Waals surface area contributed by atoms with Gasteiger partial charge in [0.1, 0.15) is 6.04 Å². The highest BCUT2D eigenvalue weighted by Crippen LogP contribution is 2.49. The second kappa shape index (κ2) is 7.14. The number of rotatable bonds is 6. The molecule has 1 aromatic heterocycles. The molecule has 0 radical (unpaired) electrons. The number of hydrogen-bond donors (Lipinski definition) is 2. The highest BCUT2D eigenvalue weighted by Gasteiger charge is 2.40. The molecule has 1 aromatic carbocycles. The average Bonchev–Trinajstić information content (AvgIpc) is 3.36. The molecule has 2 aliphatic rings. The lowest BCUT2D eigenvalue weighted by Crippen LogP contribution is -2.43. The summed E-state index contributed by atoms with van der Waals surface area (Å²) in [5, 5.41) is 4.00. The summed E-state index contributed by atoms with van der Waals surface area (Å²) in [5.74, 6) is 1.59. The number of para-hydroxylation sites is 1. The Kier molecular flexibility index (Phi) is 4.70. The summed E-state index contributed by atoms with van der Waals surface area (Å²) in [7, 11) is 1.37. The van der Waals surface area contributed by atoms with Crippen molar-refractivity contribution in [2.24, 2.45) is 17.8 Å². The number of H-pyrrole nitrogens is 1. The molecule has 2 bridgehead atoms. The molecule has 0 aliphatic heterocycles. The van der Waals surface area contributed by atoms with Gasteiger partial charge in [-0.05, 0) is 48.6 Å². The third-order valence-corrected chi connectivity index (χ3v) is 6.25. The molecule has 0 unspecified atom stereocenters. The zero-order valence-electron chi connectivity index (χ0n) is 15.2. The van der Waals surface area contributed by atoms with Gasteiger partial charge in [0.15, 0.2) is 0 Å². The SMILES string of the molecule is COC(=O)[C@@H](Cc1c[nH]c2ccccc12)NC(=O)C[C@H]1C[C@H]2CC[C@H]1C2. The fourth-order valence-corrected chi connectivity index (χ4v) is 4.97. The molecule has 2 saturated carbocycles. The molecular formula is C21H26N2O3. The van der Waals surface area contributed by atoms with Crippen LogP contribution in [0, 0.1) is 17.8 Å². The van der Waals surface area contributed by atoms with Crippen molar-refractivity contribution in [3.8, 4) is 0 Å². The zero-order chi connectivity index (χ0) is 18.1. The predicted molar refractivity (Wildman–Crippen MR) is 99.5 cm³/mol. The number of aromatic nitrogens is 1. The smallest absolute Gasteiger partial charge is 0.328 e. The predicted octanol–water partition coefficient (Wildman–Crippen LogP) is 3.19. The Balaban J connectivity index is 1.43. The maximum absolute atomic E-state index is 12.6. The number of ether oxygens (including phenoxy) is 1. The first-order chi connectivity index (χ1) is 12.6. The van der Waals surface area contributed by atoms with Gasteiger partial charge in [-0.3, -0.25) is 4.79 Å². The van der Waals surface area contributed by atoms with E-state index in [4.69, 9.17) is 4.74 Å². The number of fused-ring (bicyclic) bond motifs is 3. The number of benzene rings is 1. The number of carbonyl (C=O) groups excluding carboxylic acids is 2. The molecule has 2 N–H and O–H groups in total. The van der Waals surface area contributed by atoms with Crippen molar-refractivity contribution >= 4 is 22.8 Å². The Bertz CT molecular complexity index is 812. The number of carbonyl (C=O) groups is 2. The zero-order valence-corrected chi connectivity index (χ0v) is 15.2. The van der Waals surface area contributed by atoms with E-state index in [9.17, 15) is 9.59 Å². The van der Waals surface area contributed by atoms with Gasteiger partial charge < -0.3 is 15.0 Å². The molecule has 2 fully saturated rings. The van der Waals surface area contributed by atoms with Crippen LogP contribution < -0.4 is 5.32 Å². The van der Waals surface area contributed by atoms with Crippen LogP contribution in [0.5, 0.6) is 0 Å². The van der Waals surface area contributed by atoms with Crippen LogP contribution in [0.2, 0.25) is 0 Å². The van der Waals surface area contributed by atoms with Crippen LogP contribution in [0.15, 0.2) is 30.5 Å². The Labute approximate surface area is 153 Å². The number of aromatic amines is 1. The van der Waals surface area contributed by atoms with E-state index in [1.165, 1.54) is 32.8 Å². The van der Waals surface area contributed by atoms with Crippen LogP contribution in [0.25, 0.3) is 10.9 Å². The van der Waals surface area contributed by atoms with E-state index in [1.54, 1.807) is 0 Å². The summed E-state index contributed by atoms with van der Waals surface area (Å²) in [5.41, 5.74) is 2.04. The normalized spacial score (nSPS) is 25.3. The van der Waals surface area contributed by atoms with Crippen LogP contribution in [0.4, 0.5) is 0 Å². The first-order valence-electron chi connectivity index (χ1n) is 9.56. The average molecular weight is 354 g/mol. The van der Waals surface area contributed by atoms with Gasteiger partial charge in [0, 0.05) is 29.9 Å². The quantitative estimate of drug-likeness (QED) is 0.783. The Morgan fingerprint density at radius 3 is 2.85 bits per heavy atom. The summed E-state index contributed by atoms with van der Waals surface area (Å²) < 4.78 is 4.93. The van der Waals surface area contributed by atoms with Gasteiger partial charge in [-0.2, -0.15) is 0 Å². The molecule has 26 heavy (non-hydrogen) atoms. The summed E-state index contributed by atoms with van der Waals surface area (Å²) in [6, 6.07) is 7.31. The summed E-state index contributed by atoms with van der Waals surface area (Å²) in [6.45, 7) is 0. The van der Waals surface area contributed by atoms with E-state index in [2.05, 4.69) is 10.3 Å². The van der Waals surface area contributed by atoms with Crippen LogP contribution in [-0.2, 0) is 20.7 Å². The van der Waals surface area contributed by atoms with Crippen LogP contribution in [-0.4, -0.2) is 30.0 Å². The maximum atomic E-state index is 12.6. The Morgan fingerprint density at radius 1 is 1.27 bits per heavy atom.